The summed E-state index contributed by atoms with van der Waals surface area (Å²) in [5, 5.41) is 0. The number of nitrogens with two attached hydrogens (primary N) is 1. The van der Waals surface area contributed by atoms with Gasteiger partial charge in [0.05, 0.1) is 9.70 Å². The van der Waals surface area contributed by atoms with Crippen molar-refractivity contribution in [2.24, 2.45) is 11.7 Å². The van der Waals surface area contributed by atoms with Gasteiger partial charge < -0.3 is 10.6 Å². The molecule has 1 aliphatic heterocycles. The van der Waals surface area contributed by atoms with Gasteiger partial charge in [-0.25, -0.2) is 0 Å². The summed E-state index contributed by atoms with van der Waals surface area (Å²) in [5.41, 5.74) is 5.71. The molecule has 0 aliphatic carbocycles. The predicted octanol–water partition coefficient (Wildman–Crippen LogP) is 2.81. The number of rotatable bonds is 3. The van der Waals surface area contributed by atoms with Crippen LogP contribution in [0.15, 0.2) is 15.9 Å². The Balaban J connectivity index is 2.07. The highest BCUT2D eigenvalue weighted by Crippen LogP contribution is 2.32. The number of amides is 1. The first-order chi connectivity index (χ1) is 8.52. The van der Waals surface area contributed by atoms with Crippen LogP contribution in [0.3, 0.4) is 0 Å². The first-order valence-corrected chi connectivity index (χ1v) is 7.89. The van der Waals surface area contributed by atoms with Crippen LogP contribution in [0.4, 0.5) is 0 Å². The molecule has 2 rings (SSSR count). The number of hydrogen-bond acceptors (Lipinski definition) is 3. The Kier molecular flexibility index (Phi) is 4.45. The maximum atomic E-state index is 12.5. The van der Waals surface area contributed by atoms with E-state index in [9.17, 15) is 4.79 Å². The number of halogens is 1. The molecule has 1 aromatic rings. The molecule has 2 heterocycles. The summed E-state index contributed by atoms with van der Waals surface area (Å²) in [7, 11) is 0. The van der Waals surface area contributed by atoms with Gasteiger partial charge in [-0.2, -0.15) is 0 Å². The summed E-state index contributed by atoms with van der Waals surface area (Å²) in [6, 6.07) is 4.34. The molecule has 1 amide bonds. The molecule has 3 atom stereocenters. The molecular formula is C13H19BrN2OS. The Morgan fingerprint density at radius 1 is 1.67 bits per heavy atom. The molecule has 0 bridgehead atoms. The van der Waals surface area contributed by atoms with Crippen molar-refractivity contribution in [3.8, 4) is 0 Å². The van der Waals surface area contributed by atoms with Gasteiger partial charge >= 0.3 is 0 Å². The van der Waals surface area contributed by atoms with Gasteiger partial charge in [-0.3, -0.25) is 4.79 Å². The van der Waals surface area contributed by atoms with Gasteiger partial charge in [-0.05, 0) is 60.8 Å². The number of carbonyl (C=O) groups excluding carboxylic acids is 1. The predicted molar refractivity (Wildman–Crippen MR) is 78.8 cm³/mol. The smallest absolute Gasteiger partial charge is 0.230 e. The fourth-order valence-electron chi connectivity index (χ4n) is 2.55. The number of likely N-dealkylation sites (tertiary alicyclic amines) is 1. The molecule has 0 saturated carbocycles. The summed E-state index contributed by atoms with van der Waals surface area (Å²) in [6.07, 6.45) is 1.03. The lowest BCUT2D eigenvalue weighted by atomic mass is 10.1. The van der Waals surface area contributed by atoms with Crippen LogP contribution in [0, 0.1) is 5.92 Å². The topological polar surface area (TPSA) is 46.3 Å². The summed E-state index contributed by atoms with van der Waals surface area (Å²) >= 11 is 5.08. The molecule has 1 aliphatic rings. The molecule has 5 heteroatoms. The van der Waals surface area contributed by atoms with Crippen molar-refractivity contribution in [2.45, 2.75) is 32.2 Å². The van der Waals surface area contributed by atoms with E-state index in [1.165, 1.54) is 0 Å². The summed E-state index contributed by atoms with van der Waals surface area (Å²) < 4.78 is 1.08. The van der Waals surface area contributed by atoms with Crippen LogP contribution in [0.25, 0.3) is 0 Å². The highest BCUT2D eigenvalue weighted by molar-refractivity contribution is 9.11. The third-order valence-electron chi connectivity index (χ3n) is 3.67. The lowest BCUT2D eigenvalue weighted by Crippen LogP contribution is -2.37. The van der Waals surface area contributed by atoms with Crippen molar-refractivity contribution in [3.63, 3.8) is 0 Å². The molecular weight excluding hydrogens is 312 g/mol. The van der Waals surface area contributed by atoms with Gasteiger partial charge in [-0.15, -0.1) is 11.3 Å². The third-order valence-corrected chi connectivity index (χ3v) is 5.48. The number of nitrogens with zero attached hydrogens (tertiary/aromatic N) is 1. The minimum atomic E-state index is -0.0553. The van der Waals surface area contributed by atoms with Crippen LogP contribution in [0.2, 0.25) is 0 Å². The molecule has 0 aromatic carbocycles. The maximum absolute atomic E-state index is 12.5. The highest BCUT2D eigenvalue weighted by atomic mass is 79.9. The second kappa shape index (κ2) is 5.72. The largest absolute Gasteiger partial charge is 0.339 e. The molecule has 1 fully saturated rings. The SMILES string of the molecule is CC(C(=O)N1CC(CN)CC1C)c1ccc(Br)s1. The first-order valence-electron chi connectivity index (χ1n) is 6.28. The summed E-state index contributed by atoms with van der Waals surface area (Å²) in [6.45, 7) is 5.59. The quantitative estimate of drug-likeness (QED) is 0.926. The van der Waals surface area contributed by atoms with E-state index < -0.39 is 0 Å². The highest BCUT2D eigenvalue weighted by Gasteiger charge is 2.34. The van der Waals surface area contributed by atoms with Crippen molar-refractivity contribution in [1.82, 2.24) is 4.90 Å². The lowest BCUT2D eigenvalue weighted by Gasteiger charge is -2.24. The van der Waals surface area contributed by atoms with Crippen molar-refractivity contribution in [3.05, 3.63) is 20.8 Å². The van der Waals surface area contributed by atoms with Crippen molar-refractivity contribution in [2.75, 3.05) is 13.1 Å². The molecule has 0 radical (unpaired) electrons. The van der Waals surface area contributed by atoms with Gasteiger partial charge in [0.15, 0.2) is 0 Å². The van der Waals surface area contributed by atoms with Crippen LogP contribution in [0.1, 0.15) is 31.1 Å². The molecule has 3 unspecified atom stereocenters. The molecule has 2 N–H and O–H groups in total. The number of carbonyl (C=O) groups is 1. The fraction of sp³-hybridized carbons (Fsp3) is 0.615. The molecule has 1 aromatic heterocycles. The third kappa shape index (κ3) is 2.78. The zero-order chi connectivity index (χ0) is 13.3. The number of hydrogen-bond donors (Lipinski definition) is 1. The van der Waals surface area contributed by atoms with Crippen LogP contribution >= 0.6 is 27.3 Å². The van der Waals surface area contributed by atoms with E-state index in [1.807, 2.05) is 24.0 Å². The van der Waals surface area contributed by atoms with Crippen LogP contribution in [-0.4, -0.2) is 29.9 Å². The van der Waals surface area contributed by atoms with Gasteiger partial charge in [-0.1, -0.05) is 0 Å². The standard InChI is InChI=1S/C13H19BrN2OS/c1-8-5-10(6-15)7-16(8)13(17)9(2)11-3-4-12(14)18-11/h3-4,8-10H,5-7,15H2,1-2H3. The normalized spacial score (nSPS) is 25.4. The van der Waals surface area contributed by atoms with Gasteiger partial charge in [0, 0.05) is 17.5 Å². The Bertz CT molecular complexity index is 434. The van der Waals surface area contributed by atoms with E-state index in [0.29, 0.717) is 18.5 Å². The minimum Gasteiger partial charge on any atom is -0.339 e. The fourth-order valence-corrected chi connectivity index (χ4v) is 4.02. The second-order valence-electron chi connectivity index (χ2n) is 5.04. The summed E-state index contributed by atoms with van der Waals surface area (Å²) in [5.74, 6) is 0.638. The Morgan fingerprint density at radius 2 is 2.39 bits per heavy atom. The lowest BCUT2D eigenvalue weighted by molar-refractivity contribution is -0.133. The minimum absolute atomic E-state index is 0.0553. The van der Waals surface area contributed by atoms with E-state index >= 15 is 0 Å². The zero-order valence-corrected chi connectivity index (χ0v) is 13.1. The average Bonchev–Trinajstić information content (AvgIpc) is 2.93. The van der Waals surface area contributed by atoms with E-state index in [2.05, 4.69) is 22.9 Å². The second-order valence-corrected chi connectivity index (χ2v) is 7.54. The first kappa shape index (κ1) is 14.0. The van der Waals surface area contributed by atoms with E-state index in [0.717, 1.165) is 21.6 Å². The van der Waals surface area contributed by atoms with Gasteiger partial charge in [0.25, 0.3) is 0 Å². The van der Waals surface area contributed by atoms with Gasteiger partial charge in [0.1, 0.15) is 0 Å². The molecule has 3 nitrogen and oxygen atoms in total. The number of thiophene rings is 1. The molecule has 0 spiro atoms. The van der Waals surface area contributed by atoms with E-state index in [4.69, 9.17) is 5.73 Å². The van der Waals surface area contributed by atoms with Crippen molar-refractivity contribution >= 4 is 33.2 Å². The van der Waals surface area contributed by atoms with Crippen LogP contribution < -0.4 is 5.73 Å². The molecule has 100 valence electrons. The van der Waals surface area contributed by atoms with E-state index in [-0.39, 0.29) is 11.8 Å². The Hall–Kier alpha value is -0.390. The summed E-state index contributed by atoms with van der Waals surface area (Å²) in [4.78, 5) is 15.6. The zero-order valence-electron chi connectivity index (χ0n) is 10.7. The Labute approximate surface area is 120 Å². The molecule has 1 saturated heterocycles. The molecule has 18 heavy (non-hydrogen) atoms. The average molecular weight is 331 g/mol. The van der Waals surface area contributed by atoms with Gasteiger partial charge in [0.2, 0.25) is 5.91 Å². The van der Waals surface area contributed by atoms with Crippen molar-refractivity contribution in [1.29, 1.82) is 0 Å². The Morgan fingerprint density at radius 3 is 2.89 bits per heavy atom. The maximum Gasteiger partial charge on any atom is 0.230 e. The van der Waals surface area contributed by atoms with Crippen molar-refractivity contribution < 1.29 is 4.79 Å². The monoisotopic (exact) mass is 330 g/mol. The van der Waals surface area contributed by atoms with Crippen LogP contribution in [0.5, 0.6) is 0 Å². The van der Waals surface area contributed by atoms with Crippen LogP contribution in [-0.2, 0) is 4.79 Å². The van der Waals surface area contributed by atoms with E-state index in [1.54, 1.807) is 11.3 Å².